The van der Waals surface area contributed by atoms with Crippen LogP contribution in [0.15, 0.2) is 6.07 Å². The maximum atomic E-state index is 11.3. The molecule has 0 amide bonds. The molecule has 0 atom stereocenters. The Kier molecular flexibility index (Phi) is 2.00. The Hall–Kier alpha value is -1.84. The van der Waals surface area contributed by atoms with Gasteiger partial charge in [0.25, 0.3) is 0 Å². The van der Waals surface area contributed by atoms with Crippen LogP contribution in [0.4, 0.5) is 0 Å². The molecule has 78 valence electrons. The van der Waals surface area contributed by atoms with Crippen molar-refractivity contribution >= 4 is 11.8 Å². The summed E-state index contributed by atoms with van der Waals surface area (Å²) >= 11 is 0. The van der Waals surface area contributed by atoms with Gasteiger partial charge in [-0.05, 0) is 19.4 Å². The number of ketones is 1. The first-order valence-corrected chi connectivity index (χ1v) is 4.56. The summed E-state index contributed by atoms with van der Waals surface area (Å²) in [5.74, 6) is -1.07. The molecule has 2 rings (SSSR count). The summed E-state index contributed by atoms with van der Waals surface area (Å²) < 4.78 is 4.78. The third-order valence-corrected chi connectivity index (χ3v) is 2.49. The summed E-state index contributed by atoms with van der Waals surface area (Å²) in [6, 6.07) is 1.71. The molecule has 0 spiro atoms. The highest BCUT2D eigenvalue weighted by molar-refractivity contribution is 6.05. The summed E-state index contributed by atoms with van der Waals surface area (Å²) in [6.45, 7) is 3.25. The number of hydrogen-bond acceptors (Lipinski definition) is 4. The van der Waals surface area contributed by atoms with Crippen LogP contribution in [0.1, 0.15) is 38.8 Å². The molecule has 1 heterocycles. The number of esters is 1. The van der Waals surface area contributed by atoms with E-state index in [1.54, 1.807) is 13.0 Å². The predicted octanol–water partition coefficient (Wildman–Crippen LogP) is 1.57. The number of carbonyl (C=O) groups is 2. The zero-order valence-electron chi connectivity index (χ0n) is 8.46. The molecule has 0 saturated heterocycles. The van der Waals surface area contributed by atoms with Crippen LogP contribution >= 0.6 is 0 Å². The van der Waals surface area contributed by atoms with Crippen LogP contribution in [0, 0.1) is 6.92 Å². The van der Waals surface area contributed by atoms with Gasteiger partial charge in [-0.15, -0.1) is 0 Å². The Labute approximate surface area is 86.5 Å². The predicted molar refractivity (Wildman–Crippen MR) is 52.0 cm³/mol. The Morgan fingerprint density at radius 3 is 2.80 bits per heavy atom. The first-order chi connectivity index (χ1) is 7.02. The van der Waals surface area contributed by atoms with Gasteiger partial charge < -0.3 is 9.84 Å². The van der Waals surface area contributed by atoms with E-state index < -0.39 is 5.97 Å². The lowest BCUT2D eigenvalue weighted by Gasteiger charge is -2.07. The maximum absolute atomic E-state index is 11.3. The number of phenols is 1. The van der Waals surface area contributed by atoms with E-state index in [1.165, 1.54) is 6.92 Å². The second-order valence-electron chi connectivity index (χ2n) is 3.58. The Bertz CT molecular complexity index is 470. The smallest absolute Gasteiger partial charge is 0.342 e. The average Bonchev–Trinajstić information content (AvgIpc) is 2.46. The van der Waals surface area contributed by atoms with E-state index in [0.717, 1.165) is 0 Å². The van der Waals surface area contributed by atoms with E-state index >= 15 is 0 Å². The summed E-state index contributed by atoms with van der Waals surface area (Å²) in [5.41, 5.74) is 1.63. The molecular formula is C11H10O4. The lowest BCUT2D eigenvalue weighted by atomic mass is 9.97. The maximum Gasteiger partial charge on any atom is 0.342 e. The number of cyclic esters (lactones) is 1. The Morgan fingerprint density at radius 1 is 1.53 bits per heavy atom. The molecule has 1 aliphatic rings. The van der Waals surface area contributed by atoms with Gasteiger partial charge in [-0.3, -0.25) is 4.79 Å². The van der Waals surface area contributed by atoms with Gasteiger partial charge in [0.1, 0.15) is 17.9 Å². The van der Waals surface area contributed by atoms with Crippen molar-refractivity contribution in [2.24, 2.45) is 0 Å². The van der Waals surface area contributed by atoms with Crippen LogP contribution in [0.3, 0.4) is 0 Å². The zero-order chi connectivity index (χ0) is 11.2. The Balaban J connectivity index is 2.76. The first kappa shape index (κ1) is 9.71. The number of aromatic hydroxyl groups is 1. The van der Waals surface area contributed by atoms with Crippen LogP contribution in [0.5, 0.6) is 5.75 Å². The van der Waals surface area contributed by atoms with Gasteiger partial charge in [-0.1, -0.05) is 6.07 Å². The zero-order valence-corrected chi connectivity index (χ0v) is 8.46. The third-order valence-electron chi connectivity index (χ3n) is 2.49. The van der Waals surface area contributed by atoms with Crippen LogP contribution in [0.2, 0.25) is 0 Å². The van der Waals surface area contributed by atoms with Gasteiger partial charge >= 0.3 is 5.97 Å². The lowest BCUT2D eigenvalue weighted by molar-refractivity contribution is 0.0533. The number of benzene rings is 1. The fourth-order valence-electron chi connectivity index (χ4n) is 1.87. The molecule has 0 fully saturated rings. The highest BCUT2D eigenvalue weighted by Crippen LogP contribution is 2.34. The van der Waals surface area contributed by atoms with Crippen molar-refractivity contribution in [2.75, 3.05) is 0 Å². The van der Waals surface area contributed by atoms with Crippen molar-refractivity contribution in [1.29, 1.82) is 0 Å². The van der Waals surface area contributed by atoms with Crippen molar-refractivity contribution in [2.45, 2.75) is 20.5 Å². The molecule has 15 heavy (non-hydrogen) atoms. The summed E-state index contributed by atoms with van der Waals surface area (Å²) in [6.07, 6.45) is 0. The molecular weight excluding hydrogens is 196 g/mol. The number of ether oxygens (including phenoxy) is 1. The topological polar surface area (TPSA) is 63.6 Å². The highest BCUT2D eigenvalue weighted by Gasteiger charge is 2.29. The number of rotatable bonds is 1. The monoisotopic (exact) mass is 206 g/mol. The largest absolute Gasteiger partial charge is 0.506 e. The molecule has 0 bridgehead atoms. The minimum atomic E-state index is -0.565. The molecule has 4 nitrogen and oxygen atoms in total. The molecule has 0 saturated carbocycles. The molecule has 0 aliphatic carbocycles. The number of hydrogen-bond donors (Lipinski definition) is 1. The van der Waals surface area contributed by atoms with E-state index in [-0.39, 0.29) is 29.3 Å². The molecule has 1 aromatic rings. The fraction of sp³-hybridized carbons (Fsp3) is 0.273. The minimum Gasteiger partial charge on any atom is -0.506 e. The quantitative estimate of drug-likeness (QED) is 0.559. The van der Waals surface area contributed by atoms with Gasteiger partial charge in [-0.25, -0.2) is 4.79 Å². The second-order valence-corrected chi connectivity index (χ2v) is 3.58. The summed E-state index contributed by atoms with van der Waals surface area (Å²) in [5, 5.41) is 9.81. The van der Waals surface area contributed by atoms with Gasteiger partial charge in [0.15, 0.2) is 5.78 Å². The van der Waals surface area contributed by atoms with Crippen LogP contribution < -0.4 is 0 Å². The molecule has 0 aromatic heterocycles. The van der Waals surface area contributed by atoms with Crippen LogP contribution in [-0.2, 0) is 11.3 Å². The van der Waals surface area contributed by atoms with E-state index in [2.05, 4.69) is 0 Å². The average molecular weight is 206 g/mol. The van der Waals surface area contributed by atoms with E-state index in [1.807, 2.05) is 0 Å². The van der Waals surface area contributed by atoms with Gasteiger partial charge in [0, 0.05) is 5.56 Å². The van der Waals surface area contributed by atoms with E-state index in [9.17, 15) is 14.7 Å². The first-order valence-electron chi connectivity index (χ1n) is 4.56. The molecule has 0 unspecified atom stereocenters. The van der Waals surface area contributed by atoms with E-state index in [4.69, 9.17) is 4.74 Å². The molecule has 0 radical (unpaired) electrons. The standard InChI is InChI=1S/C11H10O4/c1-5-3-7-4-15-11(14)9(7)10(13)8(5)6(2)12/h3,13H,4H2,1-2H3. The summed E-state index contributed by atoms with van der Waals surface area (Å²) in [7, 11) is 0. The summed E-state index contributed by atoms with van der Waals surface area (Å²) in [4.78, 5) is 22.6. The number of phenolic OH excluding ortho intramolecular Hbond substituents is 1. The third kappa shape index (κ3) is 1.29. The fourth-order valence-corrected chi connectivity index (χ4v) is 1.87. The number of fused-ring (bicyclic) bond motifs is 1. The normalized spacial score (nSPS) is 13.6. The van der Waals surface area contributed by atoms with Crippen molar-refractivity contribution in [1.82, 2.24) is 0 Å². The van der Waals surface area contributed by atoms with Crippen LogP contribution in [-0.4, -0.2) is 16.9 Å². The van der Waals surface area contributed by atoms with Crippen molar-refractivity contribution in [3.8, 4) is 5.75 Å². The SMILES string of the molecule is CC(=O)c1c(C)cc2c(c1O)C(=O)OC2. The highest BCUT2D eigenvalue weighted by atomic mass is 16.5. The van der Waals surface area contributed by atoms with Gasteiger partial charge in [0.2, 0.25) is 0 Å². The molecule has 4 heteroatoms. The lowest BCUT2D eigenvalue weighted by Crippen LogP contribution is -2.03. The second kappa shape index (κ2) is 3.08. The van der Waals surface area contributed by atoms with Gasteiger partial charge in [-0.2, -0.15) is 0 Å². The van der Waals surface area contributed by atoms with Crippen molar-refractivity contribution in [3.63, 3.8) is 0 Å². The molecule has 1 N–H and O–H groups in total. The van der Waals surface area contributed by atoms with E-state index in [0.29, 0.717) is 11.1 Å². The van der Waals surface area contributed by atoms with Crippen molar-refractivity contribution < 1.29 is 19.4 Å². The molecule has 1 aliphatic heterocycles. The number of carbonyl (C=O) groups excluding carboxylic acids is 2. The van der Waals surface area contributed by atoms with Gasteiger partial charge in [0.05, 0.1) is 5.56 Å². The number of aryl methyl sites for hydroxylation is 1. The minimum absolute atomic E-state index is 0.130. The molecule has 1 aromatic carbocycles. The van der Waals surface area contributed by atoms with Crippen molar-refractivity contribution in [3.05, 3.63) is 28.3 Å². The number of Topliss-reactive ketones (excluding diaryl/α,β-unsaturated/α-hetero) is 1. The van der Waals surface area contributed by atoms with Crippen LogP contribution in [0.25, 0.3) is 0 Å². The Morgan fingerprint density at radius 2 is 2.20 bits per heavy atom.